The second-order valence-electron chi connectivity index (χ2n) is 4.71. The number of aliphatic carboxylic acids is 2. The predicted molar refractivity (Wildman–Crippen MR) is 81.0 cm³/mol. The molecule has 0 saturated heterocycles. The molecule has 122 valence electrons. The van der Waals surface area contributed by atoms with Gasteiger partial charge in [0.15, 0.2) is 12.4 Å². The van der Waals surface area contributed by atoms with E-state index < -0.39 is 23.6 Å². The molecule has 9 heteroatoms. The van der Waals surface area contributed by atoms with Gasteiger partial charge in [-0.3, -0.25) is 19.2 Å². The summed E-state index contributed by atoms with van der Waals surface area (Å²) in [4.78, 5) is 44.9. The number of nitrogens with one attached hydrogen (secondary N) is 1. The lowest BCUT2D eigenvalue weighted by atomic mass is 10.1. The smallest absolute Gasteiger partial charge is 0.317 e. The Bertz CT molecular complexity index is 673. The van der Waals surface area contributed by atoms with E-state index in [0.29, 0.717) is 11.4 Å². The highest BCUT2D eigenvalue weighted by molar-refractivity contribution is 8.01. The lowest BCUT2D eigenvalue weighted by Gasteiger charge is -2.18. The Morgan fingerprint density at radius 2 is 2.04 bits per heavy atom. The molecule has 1 amide bonds. The average molecular weight is 339 g/mol. The summed E-state index contributed by atoms with van der Waals surface area (Å²) in [6, 6.07) is 4.49. The first kappa shape index (κ1) is 16.8. The zero-order valence-corrected chi connectivity index (χ0v) is 12.6. The standard InChI is InChI=1S/C14H13NO7S/c16-9(6-23-11(14(20)21)4-13(18)19)7-1-2-10-8(3-7)15-12(17)5-22-10/h1-3,11H,4-6H2,(H,15,17)(H,18,19)(H,20,21)/t11-/m0/s1. The van der Waals surface area contributed by atoms with Gasteiger partial charge < -0.3 is 20.3 Å². The van der Waals surface area contributed by atoms with Crippen LogP contribution in [-0.4, -0.2) is 51.5 Å². The zero-order chi connectivity index (χ0) is 17.0. The molecule has 1 aliphatic heterocycles. The second-order valence-corrected chi connectivity index (χ2v) is 5.90. The number of carboxylic acid groups (broad SMARTS) is 2. The molecule has 0 bridgehead atoms. The minimum Gasteiger partial charge on any atom is -0.482 e. The van der Waals surface area contributed by atoms with E-state index in [2.05, 4.69) is 5.32 Å². The number of anilines is 1. The molecule has 23 heavy (non-hydrogen) atoms. The maximum absolute atomic E-state index is 12.1. The van der Waals surface area contributed by atoms with Crippen molar-refractivity contribution in [3.63, 3.8) is 0 Å². The van der Waals surface area contributed by atoms with Crippen LogP contribution in [0.2, 0.25) is 0 Å². The summed E-state index contributed by atoms with van der Waals surface area (Å²) in [6.45, 7) is -0.0916. The van der Waals surface area contributed by atoms with Crippen LogP contribution >= 0.6 is 11.8 Å². The Balaban J connectivity index is 2.03. The molecule has 3 N–H and O–H groups in total. The number of hydrogen-bond acceptors (Lipinski definition) is 6. The predicted octanol–water partition coefficient (Wildman–Crippen LogP) is 0.861. The lowest BCUT2D eigenvalue weighted by Crippen LogP contribution is -2.25. The maximum Gasteiger partial charge on any atom is 0.317 e. The molecule has 1 heterocycles. The van der Waals surface area contributed by atoms with Crippen molar-refractivity contribution in [1.82, 2.24) is 0 Å². The van der Waals surface area contributed by atoms with Gasteiger partial charge in [0.2, 0.25) is 0 Å². The summed E-state index contributed by atoms with van der Waals surface area (Å²) in [5, 5.41) is 19.0. The molecule has 2 rings (SSSR count). The third-order valence-electron chi connectivity index (χ3n) is 2.99. The molecular formula is C14H13NO7S. The largest absolute Gasteiger partial charge is 0.482 e. The first-order chi connectivity index (χ1) is 10.9. The summed E-state index contributed by atoms with van der Waals surface area (Å²) in [6.07, 6.45) is -0.568. The summed E-state index contributed by atoms with van der Waals surface area (Å²) in [5.74, 6) is -2.96. The van der Waals surface area contributed by atoms with Crippen molar-refractivity contribution in [2.24, 2.45) is 0 Å². The number of ketones is 1. The third kappa shape index (κ3) is 4.46. The van der Waals surface area contributed by atoms with Crippen LogP contribution in [0.15, 0.2) is 18.2 Å². The minimum atomic E-state index is -1.28. The minimum absolute atomic E-state index is 0.0916. The van der Waals surface area contributed by atoms with E-state index in [-0.39, 0.29) is 29.6 Å². The molecule has 0 aliphatic carbocycles. The molecule has 0 saturated carbocycles. The highest BCUT2D eigenvalue weighted by atomic mass is 32.2. The van der Waals surface area contributed by atoms with Gasteiger partial charge in [0, 0.05) is 5.56 Å². The van der Waals surface area contributed by atoms with Crippen molar-refractivity contribution >= 4 is 41.1 Å². The van der Waals surface area contributed by atoms with Crippen molar-refractivity contribution in [3.8, 4) is 5.75 Å². The van der Waals surface area contributed by atoms with E-state index in [4.69, 9.17) is 14.9 Å². The van der Waals surface area contributed by atoms with E-state index in [1.165, 1.54) is 12.1 Å². The molecule has 1 atom stereocenters. The van der Waals surface area contributed by atoms with Crippen molar-refractivity contribution in [2.45, 2.75) is 11.7 Å². The highest BCUT2D eigenvalue weighted by Gasteiger charge is 2.23. The Kier molecular flexibility index (Phi) is 5.22. The van der Waals surface area contributed by atoms with Gasteiger partial charge in [-0.1, -0.05) is 0 Å². The third-order valence-corrected chi connectivity index (χ3v) is 4.18. The Hall–Kier alpha value is -2.55. The maximum atomic E-state index is 12.1. The fourth-order valence-electron chi connectivity index (χ4n) is 1.89. The molecule has 0 spiro atoms. The van der Waals surface area contributed by atoms with Crippen LogP contribution in [0.3, 0.4) is 0 Å². The van der Waals surface area contributed by atoms with Gasteiger partial charge in [-0.25, -0.2) is 0 Å². The molecule has 0 radical (unpaired) electrons. The van der Waals surface area contributed by atoms with E-state index in [1.54, 1.807) is 6.07 Å². The van der Waals surface area contributed by atoms with E-state index in [1.807, 2.05) is 0 Å². The van der Waals surface area contributed by atoms with Crippen molar-refractivity contribution < 1.29 is 34.1 Å². The average Bonchev–Trinajstić information content (AvgIpc) is 2.49. The normalized spacial score (nSPS) is 14.2. The molecule has 1 aliphatic rings. The van der Waals surface area contributed by atoms with Crippen LogP contribution in [0.1, 0.15) is 16.8 Å². The van der Waals surface area contributed by atoms with Crippen molar-refractivity contribution in [2.75, 3.05) is 17.7 Å². The van der Waals surface area contributed by atoms with Gasteiger partial charge in [0.05, 0.1) is 17.9 Å². The van der Waals surface area contributed by atoms with Crippen LogP contribution < -0.4 is 10.1 Å². The fourth-order valence-corrected chi connectivity index (χ4v) is 2.81. The topological polar surface area (TPSA) is 130 Å². The zero-order valence-electron chi connectivity index (χ0n) is 11.8. The number of amides is 1. The first-order valence-electron chi connectivity index (χ1n) is 6.53. The van der Waals surface area contributed by atoms with Gasteiger partial charge in [-0.2, -0.15) is 0 Å². The number of thioether (sulfide) groups is 1. The number of Topliss-reactive ketones (excluding diaryl/α,β-unsaturated/α-hetero) is 1. The number of carbonyl (C=O) groups excluding carboxylic acids is 2. The number of ether oxygens (including phenoxy) is 1. The Morgan fingerprint density at radius 3 is 2.70 bits per heavy atom. The molecule has 8 nitrogen and oxygen atoms in total. The number of fused-ring (bicyclic) bond motifs is 1. The van der Waals surface area contributed by atoms with Gasteiger partial charge in [0.1, 0.15) is 11.0 Å². The Morgan fingerprint density at radius 1 is 1.30 bits per heavy atom. The van der Waals surface area contributed by atoms with E-state index >= 15 is 0 Å². The monoisotopic (exact) mass is 339 g/mol. The molecular weight excluding hydrogens is 326 g/mol. The van der Waals surface area contributed by atoms with Gasteiger partial charge in [0.25, 0.3) is 5.91 Å². The number of rotatable bonds is 7. The lowest BCUT2D eigenvalue weighted by molar-refractivity contribution is -0.142. The quantitative estimate of drug-likeness (QED) is 0.624. The molecule has 1 aromatic carbocycles. The second kappa shape index (κ2) is 7.14. The van der Waals surface area contributed by atoms with Crippen LogP contribution in [0.25, 0.3) is 0 Å². The van der Waals surface area contributed by atoms with Crippen LogP contribution in [-0.2, 0) is 14.4 Å². The van der Waals surface area contributed by atoms with Gasteiger partial charge >= 0.3 is 11.9 Å². The number of carboxylic acids is 2. The molecule has 1 aromatic rings. The molecule has 0 aromatic heterocycles. The van der Waals surface area contributed by atoms with Crippen LogP contribution in [0.5, 0.6) is 5.75 Å². The Labute approximate surface area is 134 Å². The number of benzene rings is 1. The fraction of sp³-hybridized carbons (Fsp3) is 0.286. The van der Waals surface area contributed by atoms with Crippen LogP contribution in [0.4, 0.5) is 5.69 Å². The van der Waals surface area contributed by atoms with Crippen molar-refractivity contribution in [3.05, 3.63) is 23.8 Å². The summed E-state index contributed by atoms with van der Waals surface area (Å²) >= 11 is 0.750. The first-order valence-corrected chi connectivity index (χ1v) is 7.58. The summed E-state index contributed by atoms with van der Waals surface area (Å²) in [7, 11) is 0. The van der Waals surface area contributed by atoms with Gasteiger partial charge in [-0.15, -0.1) is 11.8 Å². The number of hydrogen-bond donors (Lipinski definition) is 3. The molecule has 0 unspecified atom stereocenters. The molecule has 0 fully saturated rings. The van der Waals surface area contributed by atoms with E-state index in [9.17, 15) is 19.2 Å². The SMILES string of the molecule is O=C(O)C[C@H](SCC(=O)c1ccc2c(c1)NC(=O)CO2)C(=O)O. The van der Waals surface area contributed by atoms with Crippen molar-refractivity contribution in [1.29, 1.82) is 0 Å². The summed E-state index contributed by atoms with van der Waals surface area (Å²) in [5.41, 5.74) is 0.652. The number of carbonyl (C=O) groups is 4. The summed E-state index contributed by atoms with van der Waals surface area (Å²) < 4.78 is 5.17. The van der Waals surface area contributed by atoms with Gasteiger partial charge in [-0.05, 0) is 18.2 Å². The highest BCUT2D eigenvalue weighted by Crippen LogP contribution is 2.29. The van der Waals surface area contributed by atoms with Crippen LogP contribution in [0, 0.1) is 0 Å². The van der Waals surface area contributed by atoms with E-state index in [0.717, 1.165) is 11.8 Å².